The molecule has 2 bridgehead atoms. The third-order valence-electron chi connectivity index (χ3n) is 5.33. The van der Waals surface area contributed by atoms with Crippen molar-refractivity contribution in [3.05, 3.63) is 58.2 Å². The van der Waals surface area contributed by atoms with E-state index in [0.717, 1.165) is 12.0 Å². The van der Waals surface area contributed by atoms with Gasteiger partial charge in [-0.3, -0.25) is 14.3 Å². The lowest BCUT2D eigenvalue weighted by atomic mass is 9.90. The summed E-state index contributed by atoms with van der Waals surface area (Å²) in [6, 6.07) is 9.22. The predicted molar refractivity (Wildman–Crippen MR) is 87.8 cm³/mol. The maximum absolute atomic E-state index is 13.0. The molecule has 0 saturated heterocycles. The Morgan fingerprint density at radius 3 is 2.68 bits per heavy atom. The Morgan fingerprint density at radius 2 is 2.05 bits per heavy atom. The molecular formula is C17H21NO3S. The van der Waals surface area contributed by atoms with Gasteiger partial charge in [-0.15, -0.1) is 0 Å². The molecule has 0 amide bonds. The van der Waals surface area contributed by atoms with Crippen molar-refractivity contribution in [1.82, 2.24) is 0 Å². The molecule has 2 aliphatic carbocycles. The summed E-state index contributed by atoms with van der Waals surface area (Å²) in [6.45, 7) is 3.89. The van der Waals surface area contributed by atoms with E-state index >= 15 is 0 Å². The third kappa shape index (κ3) is 2.32. The first-order chi connectivity index (χ1) is 10.4. The summed E-state index contributed by atoms with van der Waals surface area (Å²) in [5, 5.41) is 11.5. The first-order valence-corrected chi connectivity index (χ1v) is 9.01. The normalized spacial score (nSPS) is 35.5. The molecule has 118 valence electrons. The second kappa shape index (κ2) is 5.61. The fourth-order valence-corrected chi connectivity index (χ4v) is 6.03. The lowest BCUT2D eigenvalue weighted by Crippen LogP contribution is -2.51. The number of nitro groups is 1. The van der Waals surface area contributed by atoms with Gasteiger partial charge in [-0.1, -0.05) is 49.4 Å². The Bertz CT molecular complexity index is 630. The molecule has 4 nitrogen and oxygen atoms in total. The van der Waals surface area contributed by atoms with Crippen LogP contribution in [0.1, 0.15) is 31.7 Å². The second-order valence-electron chi connectivity index (χ2n) is 6.63. The van der Waals surface area contributed by atoms with Crippen molar-refractivity contribution in [1.29, 1.82) is 0 Å². The highest BCUT2D eigenvalue weighted by molar-refractivity contribution is 7.86. The number of allylic oxidation sites excluding steroid dienone is 1. The Labute approximate surface area is 133 Å². The van der Waals surface area contributed by atoms with Crippen LogP contribution in [0.4, 0.5) is 0 Å². The van der Waals surface area contributed by atoms with Gasteiger partial charge in [-0.25, -0.2) is 0 Å². The van der Waals surface area contributed by atoms with E-state index in [1.54, 1.807) is 0 Å². The summed E-state index contributed by atoms with van der Waals surface area (Å²) in [4.78, 5) is 11.3. The molecule has 0 spiro atoms. The van der Waals surface area contributed by atoms with Crippen molar-refractivity contribution in [2.24, 2.45) is 11.8 Å². The summed E-state index contributed by atoms with van der Waals surface area (Å²) >= 11 is 0. The average molecular weight is 319 g/mol. The third-order valence-corrected chi connectivity index (χ3v) is 7.66. The Hall–Kier alpha value is -1.49. The van der Waals surface area contributed by atoms with Gasteiger partial charge in [0.1, 0.15) is 4.75 Å². The Kier molecular flexibility index (Phi) is 3.93. The molecule has 0 aromatic heterocycles. The van der Waals surface area contributed by atoms with Gasteiger partial charge in [0.05, 0.1) is 0 Å². The van der Waals surface area contributed by atoms with Crippen LogP contribution in [0, 0.1) is 22.0 Å². The van der Waals surface area contributed by atoms with Crippen molar-refractivity contribution in [2.75, 3.05) is 5.75 Å². The lowest BCUT2D eigenvalue weighted by molar-refractivity contribution is -0.531. The van der Waals surface area contributed by atoms with Gasteiger partial charge < -0.3 is 0 Å². The molecule has 1 aromatic carbocycles. The van der Waals surface area contributed by atoms with Gasteiger partial charge in [-0.05, 0) is 24.8 Å². The first-order valence-electron chi connectivity index (χ1n) is 7.69. The van der Waals surface area contributed by atoms with Gasteiger partial charge in [0.15, 0.2) is 0 Å². The highest BCUT2D eigenvalue weighted by Gasteiger charge is 2.63. The number of hydrogen-bond acceptors (Lipinski definition) is 3. The molecule has 1 fully saturated rings. The van der Waals surface area contributed by atoms with Crippen LogP contribution in [0.3, 0.4) is 0 Å². The zero-order chi connectivity index (χ0) is 15.9. The largest absolute Gasteiger partial charge is 0.264 e. The molecule has 1 aromatic rings. The standard InChI is InChI=1S/C17H21NO3S/c1-12(13-6-4-3-5-7-13)11-22(21)17(2)15-9-8-14(10-15)16(17)18(19)20/h3-9,12,14-16H,10-11H2,1-2H3/t12-,14+,15-,16+,17-,22-/m1/s1. The van der Waals surface area contributed by atoms with Crippen LogP contribution in [0.2, 0.25) is 0 Å². The van der Waals surface area contributed by atoms with Gasteiger partial charge >= 0.3 is 0 Å². The minimum Gasteiger partial charge on any atom is -0.264 e. The van der Waals surface area contributed by atoms with E-state index in [0.29, 0.717) is 5.75 Å². The molecular weight excluding hydrogens is 298 g/mol. The van der Waals surface area contributed by atoms with Crippen molar-refractivity contribution in [2.45, 2.75) is 37.0 Å². The van der Waals surface area contributed by atoms with Gasteiger partial charge in [0.2, 0.25) is 6.04 Å². The van der Waals surface area contributed by atoms with Gasteiger partial charge in [0.25, 0.3) is 0 Å². The SMILES string of the molecule is C[C@H](C[S@@](=O)[C@]1(C)[C@@H]2C=C[C@@H](C2)[C@@H]1[N+](=O)[O-])c1ccccc1. The monoisotopic (exact) mass is 319 g/mol. The maximum atomic E-state index is 13.0. The van der Waals surface area contributed by atoms with Crippen LogP contribution < -0.4 is 0 Å². The predicted octanol–water partition coefficient (Wildman–Crippen LogP) is 3.15. The van der Waals surface area contributed by atoms with Crippen molar-refractivity contribution < 1.29 is 9.13 Å². The van der Waals surface area contributed by atoms with E-state index in [1.807, 2.05) is 56.3 Å². The highest BCUT2D eigenvalue weighted by atomic mass is 32.2. The average Bonchev–Trinajstić information content (AvgIpc) is 3.07. The molecule has 0 unspecified atom stereocenters. The number of benzene rings is 1. The van der Waals surface area contributed by atoms with Crippen LogP contribution in [-0.4, -0.2) is 25.7 Å². The molecule has 0 radical (unpaired) electrons. The van der Waals surface area contributed by atoms with Crippen LogP contribution in [0.15, 0.2) is 42.5 Å². The van der Waals surface area contributed by atoms with Crippen molar-refractivity contribution >= 4 is 10.8 Å². The zero-order valence-electron chi connectivity index (χ0n) is 12.8. The number of nitrogens with zero attached hydrogens (tertiary/aromatic N) is 1. The van der Waals surface area contributed by atoms with Gasteiger partial charge in [-0.2, -0.15) is 0 Å². The number of fused-ring (bicyclic) bond motifs is 2. The van der Waals surface area contributed by atoms with Gasteiger partial charge in [0, 0.05) is 33.3 Å². The van der Waals surface area contributed by atoms with Crippen LogP contribution in [-0.2, 0) is 10.8 Å². The zero-order valence-corrected chi connectivity index (χ0v) is 13.7. The Balaban J connectivity index is 1.82. The molecule has 0 heterocycles. The van der Waals surface area contributed by atoms with E-state index in [1.165, 1.54) is 0 Å². The molecule has 0 N–H and O–H groups in total. The molecule has 22 heavy (non-hydrogen) atoms. The van der Waals surface area contributed by atoms with Crippen molar-refractivity contribution in [3.8, 4) is 0 Å². The molecule has 3 rings (SSSR count). The fourth-order valence-electron chi connectivity index (χ4n) is 3.98. The number of rotatable bonds is 5. The summed E-state index contributed by atoms with van der Waals surface area (Å²) in [5.74, 6) is 0.620. The van der Waals surface area contributed by atoms with Crippen LogP contribution >= 0.6 is 0 Å². The van der Waals surface area contributed by atoms with Crippen molar-refractivity contribution in [3.63, 3.8) is 0 Å². The minimum atomic E-state index is -1.23. The topological polar surface area (TPSA) is 60.2 Å². The molecule has 6 atom stereocenters. The second-order valence-corrected chi connectivity index (χ2v) is 8.53. The summed E-state index contributed by atoms with van der Waals surface area (Å²) in [5.41, 5.74) is 1.14. The quantitative estimate of drug-likeness (QED) is 0.476. The minimum absolute atomic E-state index is 0.0546. The summed E-state index contributed by atoms with van der Waals surface area (Å²) < 4.78 is 12.3. The van der Waals surface area contributed by atoms with Crippen LogP contribution in [0.5, 0.6) is 0 Å². The van der Waals surface area contributed by atoms with E-state index in [9.17, 15) is 14.3 Å². The van der Waals surface area contributed by atoms with Crippen LogP contribution in [0.25, 0.3) is 0 Å². The van der Waals surface area contributed by atoms with E-state index in [2.05, 4.69) is 0 Å². The van der Waals surface area contributed by atoms with E-state index in [-0.39, 0.29) is 22.7 Å². The van der Waals surface area contributed by atoms with E-state index < -0.39 is 21.6 Å². The molecule has 2 aliphatic rings. The number of hydrogen-bond donors (Lipinski definition) is 0. The molecule has 1 saturated carbocycles. The fraction of sp³-hybridized carbons (Fsp3) is 0.529. The molecule has 5 heteroatoms. The highest BCUT2D eigenvalue weighted by Crippen LogP contribution is 2.51. The maximum Gasteiger partial charge on any atom is 0.236 e. The summed E-state index contributed by atoms with van der Waals surface area (Å²) in [7, 11) is -1.23. The smallest absolute Gasteiger partial charge is 0.236 e. The van der Waals surface area contributed by atoms with E-state index in [4.69, 9.17) is 0 Å². The molecule has 0 aliphatic heterocycles. The Morgan fingerprint density at radius 1 is 1.36 bits per heavy atom. The lowest BCUT2D eigenvalue weighted by Gasteiger charge is -2.33. The first kappa shape index (κ1) is 15.4. The summed E-state index contributed by atoms with van der Waals surface area (Å²) in [6.07, 6.45) is 4.75.